The van der Waals surface area contributed by atoms with Crippen LogP contribution in [0.25, 0.3) is 0 Å². The molecule has 5 rings (SSSR count). The van der Waals surface area contributed by atoms with E-state index in [0.29, 0.717) is 22.6 Å². The number of ketones is 2. The molecular formula is C30H28N2O8. The van der Waals surface area contributed by atoms with Gasteiger partial charge in [0, 0.05) is 43.3 Å². The normalized spacial score (nSPS) is 23.5. The summed E-state index contributed by atoms with van der Waals surface area (Å²) in [5, 5.41) is 44.3. The number of ether oxygens (including phenoxy) is 1. The molecule has 2 aromatic carbocycles. The molecule has 0 saturated heterocycles. The molecule has 0 spiro atoms. The molecule has 3 aliphatic rings. The number of carbonyl (C=O) groups excluding carboxylic acids is 3. The summed E-state index contributed by atoms with van der Waals surface area (Å²) in [5.41, 5.74) is 3.49. The Morgan fingerprint density at radius 1 is 1.12 bits per heavy atom. The summed E-state index contributed by atoms with van der Waals surface area (Å²) in [6.07, 6.45) is -0.00696. The van der Waals surface area contributed by atoms with Crippen molar-refractivity contribution < 1.29 is 39.5 Å². The van der Waals surface area contributed by atoms with Crippen molar-refractivity contribution in [2.24, 2.45) is 17.6 Å². The summed E-state index contributed by atoms with van der Waals surface area (Å²) in [6, 6.07) is 8.71. The highest BCUT2D eigenvalue weighted by atomic mass is 16.5. The van der Waals surface area contributed by atoms with Gasteiger partial charge in [-0.15, -0.1) is 0 Å². The van der Waals surface area contributed by atoms with E-state index in [1.54, 1.807) is 49.3 Å². The van der Waals surface area contributed by atoms with Crippen LogP contribution in [0.2, 0.25) is 0 Å². The molecule has 0 aromatic heterocycles. The van der Waals surface area contributed by atoms with Crippen LogP contribution in [0, 0.1) is 23.7 Å². The summed E-state index contributed by atoms with van der Waals surface area (Å²) in [4.78, 5) is 40.7. The van der Waals surface area contributed by atoms with Crippen molar-refractivity contribution >= 4 is 23.2 Å². The molecule has 0 fully saturated rings. The van der Waals surface area contributed by atoms with Gasteiger partial charge in [-0.1, -0.05) is 17.9 Å². The molecule has 0 bridgehead atoms. The molecule has 2 aromatic rings. The van der Waals surface area contributed by atoms with Crippen molar-refractivity contribution in [2.75, 3.05) is 26.1 Å². The van der Waals surface area contributed by atoms with Crippen molar-refractivity contribution in [1.29, 1.82) is 0 Å². The van der Waals surface area contributed by atoms with Gasteiger partial charge in [0.1, 0.15) is 28.6 Å². The third-order valence-electron chi connectivity index (χ3n) is 7.93. The van der Waals surface area contributed by atoms with E-state index < -0.39 is 52.0 Å². The fourth-order valence-corrected chi connectivity index (χ4v) is 6.00. The first-order valence-corrected chi connectivity index (χ1v) is 12.6. The maximum Gasteiger partial charge on any atom is 0.255 e. The number of methoxy groups -OCH3 is 1. The lowest BCUT2D eigenvalue weighted by atomic mass is 9.60. The number of phenols is 1. The van der Waals surface area contributed by atoms with Crippen LogP contribution in [-0.4, -0.2) is 64.7 Å². The Balaban J connectivity index is 1.66. The largest absolute Gasteiger partial charge is 0.511 e. The summed E-state index contributed by atoms with van der Waals surface area (Å²) in [6.45, 7) is 0. The Labute approximate surface area is 230 Å². The SMILES string of the molecule is COc1cccc(C#Cc2cc(N(C)C)c3c(c2O)C(=O)C2=C(O)[C@]4(O)C(=O)C(C(N)=O)=C(O)C[C@@H]4C[C@@H]2C3)c1. The molecule has 3 atom stereocenters. The van der Waals surface area contributed by atoms with Crippen LogP contribution in [0.4, 0.5) is 5.69 Å². The zero-order valence-electron chi connectivity index (χ0n) is 22.1. The molecule has 0 saturated carbocycles. The molecule has 206 valence electrons. The minimum Gasteiger partial charge on any atom is -0.511 e. The van der Waals surface area contributed by atoms with Crippen LogP contribution in [0.15, 0.2) is 53.0 Å². The number of Topliss-reactive ketones (excluding diaryl/α,β-unsaturated/α-hetero) is 2. The molecule has 0 radical (unpaired) electrons. The van der Waals surface area contributed by atoms with E-state index in [4.69, 9.17) is 10.5 Å². The first-order valence-electron chi connectivity index (χ1n) is 12.6. The quantitative estimate of drug-likeness (QED) is 0.287. The number of aromatic hydroxyl groups is 1. The number of hydrogen-bond acceptors (Lipinski definition) is 9. The Hall–Kier alpha value is -4.75. The van der Waals surface area contributed by atoms with Gasteiger partial charge in [0.15, 0.2) is 11.4 Å². The molecule has 0 aliphatic heterocycles. The van der Waals surface area contributed by atoms with Crippen molar-refractivity contribution in [3.8, 4) is 23.3 Å². The Morgan fingerprint density at radius 3 is 2.50 bits per heavy atom. The van der Waals surface area contributed by atoms with E-state index in [-0.39, 0.29) is 41.7 Å². The highest BCUT2D eigenvalue weighted by Crippen LogP contribution is 2.52. The fourth-order valence-electron chi connectivity index (χ4n) is 6.00. The maximum atomic E-state index is 13.9. The van der Waals surface area contributed by atoms with E-state index in [2.05, 4.69) is 11.8 Å². The van der Waals surface area contributed by atoms with Gasteiger partial charge in [0.05, 0.1) is 18.2 Å². The smallest absolute Gasteiger partial charge is 0.255 e. The molecule has 6 N–H and O–H groups in total. The number of anilines is 1. The topological polar surface area (TPSA) is 171 Å². The number of nitrogens with zero attached hydrogens (tertiary/aromatic N) is 1. The van der Waals surface area contributed by atoms with Crippen molar-refractivity contribution in [3.63, 3.8) is 0 Å². The van der Waals surface area contributed by atoms with E-state index in [1.165, 1.54) is 7.11 Å². The second-order valence-electron chi connectivity index (χ2n) is 10.4. The van der Waals surface area contributed by atoms with E-state index in [0.717, 1.165) is 0 Å². The summed E-state index contributed by atoms with van der Waals surface area (Å²) in [7, 11) is 5.10. The molecule has 1 amide bonds. The van der Waals surface area contributed by atoms with Gasteiger partial charge in [-0.2, -0.15) is 0 Å². The molecule has 3 aliphatic carbocycles. The Kier molecular flexibility index (Phi) is 6.35. The first-order chi connectivity index (χ1) is 18.9. The van der Waals surface area contributed by atoms with E-state index in [9.17, 15) is 34.8 Å². The van der Waals surface area contributed by atoms with Crippen LogP contribution in [-0.2, 0) is 16.0 Å². The fraction of sp³-hybridized carbons (Fsp3) is 0.300. The minimum atomic E-state index is -2.61. The number of amides is 1. The van der Waals surface area contributed by atoms with Crippen LogP contribution in [0.3, 0.4) is 0 Å². The van der Waals surface area contributed by atoms with Gasteiger partial charge in [-0.3, -0.25) is 14.4 Å². The number of benzene rings is 2. The predicted molar refractivity (Wildman–Crippen MR) is 144 cm³/mol. The number of fused-ring (bicyclic) bond motifs is 3. The number of aliphatic hydroxyl groups excluding tert-OH is 2. The zero-order chi connectivity index (χ0) is 29.1. The van der Waals surface area contributed by atoms with E-state index >= 15 is 0 Å². The van der Waals surface area contributed by atoms with Gasteiger partial charge < -0.3 is 35.8 Å². The number of aliphatic hydroxyl groups is 3. The average Bonchev–Trinajstić information content (AvgIpc) is 2.90. The number of hydrogen-bond donors (Lipinski definition) is 5. The van der Waals surface area contributed by atoms with Crippen molar-refractivity contribution in [1.82, 2.24) is 0 Å². The molecule has 10 nitrogen and oxygen atoms in total. The second kappa shape index (κ2) is 9.47. The lowest BCUT2D eigenvalue weighted by molar-refractivity contribution is -0.144. The number of phenolic OH excluding ortho intramolecular Hbond substituents is 1. The van der Waals surface area contributed by atoms with Crippen LogP contribution >= 0.6 is 0 Å². The van der Waals surface area contributed by atoms with Gasteiger partial charge in [-0.25, -0.2) is 0 Å². The van der Waals surface area contributed by atoms with Gasteiger partial charge in [0.2, 0.25) is 5.78 Å². The van der Waals surface area contributed by atoms with Crippen LogP contribution < -0.4 is 15.4 Å². The van der Waals surface area contributed by atoms with Crippen molar-refractivity contribution in [2.45, 2.75) is 24.9 Å². The summed E-state index contributed by atoms with van der Waals surface area (Å²) >= 11 is 0. The summed E-state index contributed by atoms with van der Waals surface area (Å²) in [5.74, 6) is -0.232. The number of allylic oxidation sites excluding steroid dienone is 2. The lowest BCUT2D eigenvalue weighted by Crippen LogP contribution is -2.57. The van der Waals surface area contributed by atoms with Gasteiger partial charge in [0.25, 0.3) is 5.91 Å². The van der Waals surface area contributed by atoms with E-state index in [1.807, 2.05) is 0 Å². The molecule has 0 heterocycles. The maximum absolute atomic E-state index is 13.9. The monoisotopic (exact) mass is 544 g/mol. The molecule has 10 heteroatoms. The highest BCUT2D eigenvalue weighted by molar-refractivity contribution is 6.24. The molecule has 40 heavy (non-hydrogen) atoms. The number of carbonyl (C=O) groups is 3. The second-order valence-corrected chi connectivity index (χ2v) is 10.4. The standard InChI is InChI=1S/C30H28N2O8/c1-32(2)20-12-15(8-7-14-5-4-6-18(9-14)40-3)25(34)23-19(20)11-16-10-17-13-21(33)24(29(31)38)28(37)30(17,39)27(36)22(16)26(23)35/h4-6,9,12,16-17,33-34,36,39H,10-11,13H2,1-3H3,(H2,31,38)/t16-,17+,30+/m1/s1. The lowest BCUT2D eigenvalue weighted by Gasteiger charge is -2.45. The third kappa shape index (κ3) is 3.89. The predicted octanol–water partition coefficient (Wildman–Crippen LogP) is 2.05. The number of rotatable bonds is 3. The number of primary amides is 1. The van der Waals surface area contributed by atoms with Crippen LogP contribution in [0.5, 0.6) is 11.5 Å². The van der Waals surface area contributed by atoms with Gasteiger partial charge >= 0.3 is 0 Å². The van der Waals surface area contributed by atoms with Crippen LogP contribution in [0.1, 0.15) is 39.9 Å². The van der Waals surface area contributed by atoms with Gasteiger partial charge in [-0.05, 0) is 48.6 Å². The minimum absolute atomic E-state index is 0.0634. The Bertz CT molecular complexity index is 1620. The van der Waals surface area contributed by atoms with Crippen molar-refractivity contribution in [3.05, 3.63) is 75.3 Å². The first kappa shape index (κ1) is 26.8. The molecule has 0 unspecified atom stereocenters. The Morgan fingerprint density at radius 2 is 1.85 bits per heavy atom. The zero-order valence-corrected chi connectivity index (χ0v) is 22.1. The highest BCUT2D eigenvalue weighted by Gasteiger charge is 2.59. The molecular weight excluding hydrogens is 516 g/mol. The average molecular weight is 545 g/mol. The number of nitrogens with two attached hydrogens (primary N) is 1. The summed E-state index contributed by atoms with van der Waals surface area (Å²) < 4.78 is 5.22. The third-order valence-corrected chi connectivity index (χ3v) is 7.93.